The molecular formula is C13H16F5NO. The highest BCUT2D eigenvalue weighted by Crippen LogP contribution is 2.27. The van der Waals surface area contributed by atoms with Gasteiger partial charge < -0.3 is 10.1 Å². The maximum Gasteiger partial charge on any atom is 0.389 e. The van der Waals surface area contributed by atoms with Crippen LogP contribution in [0.5, 0.6) is 5.75 Å². The highest BCUT2D eigenvalue weighted by molar-refractivity contribution is 5.30. The molecule has 0 amide bonds. The number of hydrogen-bond donors (Lipinski definition) is 1. The van der Waals surface area contributed by atoms with Crippen LogP contribution in [0.25, 0.3) is 0 Å². The van der Waals surface area contributed by atoms with Gasteiger partial charge in [-0.15, -0.1) is 0 Å². The Kier molecular flexibility index (Phi) is 6.19. The lowest BCUT2D eigenvalue weighted by Crippen LogP contribution is -2.17. The molecule has 0 aliphatic carbocycles. The van der Waals surface area contributed by atoms with Crippen LogP contribution < -0.4 is 10.1 Å². The van der Waals surface area contributed by atoms with Gasteiger partial charge in [0.1, 0.15) is 5.75 Å². The van der Waals surface area contributed by atoms with E-state index in [4.69, 9.17) is 0 Å². The van der Waals surface area contributed by atoms with E-state index >= 15 is 0 Å². The van der Waals surface area contributed by atoms with E-state index in [1.54, 1.807) is 13.1 Å². The molecule has 1 aromatic rings. The zero-order chi connectivity index (χ0) is 15.2. The van der Waals surface area contributed by atoms with Crippen LogP contribution in [0.15, 0.2) is 24.3 Å². The van der Waals surface area contributed by atoms with Gasteiger partial charge in [-0.05, 0) is 37.6 Å². The Morgan fingerprint density at radius 3 is 2.50 bits per heavy atom. The van der Waals surface area contributed by atoms with Crippen molar-refractivity contribution < 1.29 is 26.7 Å². The first-order chi connectivity index (χ1) is 9.31. The second-order valence-electron chi connectivity index (χ2n) is 4.30. The molecule has 1 rings (SSSR count). The van der Waals surface area contributed by atoms with Crippen LogP contribution in [-0.2, 0) is 0 Å². The first-order valence-corrected chi connectivity index (χ1v) is 6.10. The minimum atomic E-state index is -4.18. The predicted molar refractivity (Wildman–Crippen MR) is 64.8 cm³/mol. The first-order valence-electron chi connectivity index (χ1n) is 6.10. The number of ether oxygens (including phenoxy) is 1. The van der Waals surface area contributed by atoms with Crippen molar-refractivity contribution in [3.05, 3.63) is 29.8 Å². The van der Waals surface area contributed by atoms with Crippen molar-refractivity contribution >= 4 is 0 Å². The zero-order valence-corrected chi connectivity index (χ0v) is 10.9. The Morgan fingerprint density at radius 1 is 1.25 bits per heavy atom. The summed E-state index contributed by atoms with van der Waals surface area (Å²) in [5.41, 5.74) is 0.618. The molecule has 0 radical (unpaired) electrons. The normalized spacial score (nSPS) is 13.6. The molecule has 0 fully saturated rings. The molecule has 0 heterocycles. The number of halogens is 5. The lowest BCUT2D eigenvalue weighted by atomic mass is 10.0. The first kappa shape index (κ1) is 16.7. The third-order valence-electron chi connectivity index (χ3n) is 2.79. The molecule has 1 aromatic carbocycles. The van der Waals surface area contributed by atoms with E-state index in [0.717, 1.165) is 0 Å². The highest BCUT2D eigenvalue weighted by atomic mass is 19.4. The van der Waals surface area contributed by atoms with E-state index in [9.17, 15) is 22.0 Å². The maximum atomic E-state index is 12.1. The topological polar surface area (TPSA) is 21.3 Å². The SMILES string of the molecule is CNC(CCCC(F)(F)F)c1cccc(OC(F)F)c1. The van der Waals surface area contributed by atoms with E-state index in [0.29, 0.717) is 5.56 Å². The fourth-order valence-electron chi connectivity index (χ4n) is 1.89. The smallest absolute Gasteiger partial charge is 0.389 e. The van der Waals surface area contributed by atoms with Crippen LogP contribution in [0, 0.1) is 0 Å². The van der Waals surface area contributed by atoms with Gasteiger partial charge in [0.05, 0.1) is 0 Å². The van der Waals surface area contributed by atoms with Crippen LogP contribution in [-0.4, -0.2) is 19.8 Å². The van der Waals surface area contributed by atoms with Gasteiger partial charge in [0.15, 0.2) is 0 Å². The van der Waals surface area contributed by atoms with Gasteiger partial charge in [-0.2, -0.15) is 22.0 Å². The molecule has 1 atom stereocenters. The van der Waals surface area contributed by atoms with Crippen molar-refractivity contribution in [1.82, 2.24) is 5.32 Å². The van der Waals surface area contributed by atoms with Crippen LogP contribution in [0.2, 0.25) is 0 Å². The van der Waals surface area contributed by atoms with Crippen molar-refractivity contribution in [2.75, 3.05) is 7.05 Å². The van der Waals surface area contributed by atoms with Crippen LogP contribution in [0.3, 0.4) is 0 Å². The van der Waals surface area contributed by atoms with E-state index in [1.807, 2.05) is 0 Å². The Balaban J connectivity index is 2.64. The molecule has 0 aliphatic rings. The van der Waals surface area contributed by atoms with Crippen LogP contribution in [0.4, 0.5) is 22.0 Å². The van der Waals surface area contributed by atoms with Crippen molar-refractivity contribution in [2.24, 2.45) is 0 Å². The summed E-state index contributed by atoms with van der Waals surface area (Å²) in [5.74, 6) is -0.00595. The lowest BCUT2D eigenvalue weighted by molar-refractivity contribution is -0.135. The van der Waals surface area contributed by atoms with Crippen LogP contribution >= 0.6 is 0 Å². The molecule has 0 bridgehead atoms. The van der Waals surface area contributed by atoms with E-state index < -0.39 is 19.2 Å². The third-order valence-corrected chi connectivity index (χ3v) is 2.79. The average molecular weight is 297 g/mol. The average Bonchev–Trinajstić information content (AvgIpc) is 2.33. The standard InChI is InChI=1S/C13H16F5NO/c1-19-11(6-3-7-13(16,17)18)9-4-2-5-10(8-9)20-12(14)15/h2,4-5,8,11-12,19H,3,6-7H2,1H3. The lowest BCUT2D eigenvalue weighted by Gasteiger charge is -2.18. The Morgan fingerprint density at radius 2 is 1.95 bits per heavy atom. The van der Waals surface area contributed by atoms with E-state index in [2.05, 4.69) is 10.1 Å². The summed E-state index contributed by atoms with van der Waals surface area (Å²) in [5, 5.41) is 2.87. The van der Waals surface area contributed by atoms with E-state index in [1.165, 1.54) is 18.2 Å². The summed E-state index contributed by atoms with van der Waals surface area (Å²) < 4.78 is 64.8. The molecular weight excluding hydrogens is 281 g/mol. The molecule has 0 spiro atoms. The monoisotopic (exact) mass is 297 g/mol. The fourth-order valence-corrected chi connectivity index (χ4v) is 1.89. The maximum absolute atomic E-state index is 12.1. The Hall–Kier alpha value is -1.37. The van der Waals surface area contributed by atoms with Gasteiger partial charge in [-0.1, -0.05) is 12.1 Å². The summed E-state index contributed by atoms with van der Waals surface area (Å²) in [6.07, 6.45) is -4.82. The largest absolute Gasteiger partial charge is 0.435 e. The van der Waals surface area contributed by atoms with Gasteiger partial charge in [-0.25, -0.2) is 0 Å². The molecule has 7 heteroatoms. The molecule has 114 valence electrons. The zero-order valence-electron chi connectivity index (χ0n) is 10.9. The van der Waals surface area contributed by atoms with E-state index in [-0.39, 0.29) is 24.6 Å². The molecule has 20 heavy (non-hydrogen) atoms. The Bertz CT molecular complexity index is 408. The molecule has 0 aromatic heterocycles. The Labute approximate surface area is 113 Å². The highest BCUT2D eigenvalue weighted by Gasteiger charge is 2.26. The molecule has 0 saturated heterocycles. The molecule has 0 saturated carbocycles. The molecule has 0 aliphatic heterocycles. The quantitative estimate of drug-likeness (QED) is 0.758. The molecule has 2 nitrogen and oxygen atoms in total. The number of rotatable bonds is 7. The van der Waals surface area contributed by atoms with Crippen molar-refractivity contribution in [3.63, 3.8) is 0 Å². The van der Waals surface area contributed by atoms with Gasteiger partial charge >= 0.3 is 12.8 Å². The second-order valence-corrected chi connectivity index (χ2v) is 4.30. The van der Waals surface area contributed by atoms with Crippen LogP contribution in [0.1, 0.15) is 30.9 Å². The van der Waals surface area contributed by atoms with Gasteiger partial charge in [0, 0.05) is 12.5 Å². The molecule has 1 unspecified atom stereocenters. The van der Waals surface area contributed by atoms with Gasteiger partial charge in [-0.3, -0.25) is 0 Å². The summed E-state index contributed by atoms with van der Waals surface area (Å²) >= 11 is 0. The fraction of sp³-hybridized carbons (Fsp3) is 0.538. The summed E-state index contributed by atoms with van der Waals surface area (Å²) in [6.45, 7) is -2.93. The summed E-state index contributed by atoms with van der Waals surface area (Å²) in [4.78, 5) is 0. The number of hydrogen-bond acceptors (Lipinski definition) is 2. The van der Waals surface area contributed by atoms with Gasteiger partial charge in [0.25, 0.3) is 0 Å². The number of alkyl halides is 5. The molecule has 1 N–H and O–H groups in total. The van der Waals surface area contributed by atoms with Gasteiger partial charge in [0.2, 0.25) is 0 Å². The minimum absolute atomic E-state index is 0.00595. The summed E-state index contributed by atoms with van der Waals surface area (Å²) in [7, 11) is 1.61. The minimum Gasteiger partial charge on any atom is -0.435 e. The predicted octanol–water partition coefficient (Wildman–Crippen LogP) is 4.28. The van der Waals surface area contributed by atoms with Crippen molar-refractivity contribution in [3.8, 4) is 5.75 Å². The summed E-state index contributed by atoms with van der Waals surface area (Å²) in [6, 6.07) is 5.63. The van der Waals surface area contributed by atoms with Crippen molar-refractivity contribution in [2.45, 2.75) is 38.1 Å². The third kappa shape index (κ3) is 6.18. The second kappa shape index (κ2) is 7.42. The number of benzene rings is 1. The van der Waals surface area contributed by atoms with Crippen molar-refractivity contribution in [1.29, 1.82) is 0 Å². The number of nitrogens with one attached hydrogen (secondary N) is 1.